The van der Waals surface area contributed by atoms with Crippen LogP contribution in [0.25, 0.3) is 0 Å². The zero-order chi connectivity index (χ0) is 15.1. The molecule has 0 aliphatic carbocycles. The molecule has 0 heterocycles. The van der Waals surface area contributed by atoms with Crippen molar-refractivity contribution < 1.29 is 9.84 Å². The van der Waals surface area contributed by atoms with Gasteiger partial charge in [0, 0.05) is 5.56 Å². The molecule has 108 valence electrons. The van der Waals surface area contributed by atoms with Crippen molar-refractivity contribution in [3.63, 3.8) is 0 Å². The Kier molecular flexibility index (Phi) is 5.43. The van der Waals surface area contributed by atoms with Crippen LogP contribution in [0.5, 0.6) is 5.75 Å². The van der Waals surface area contributed by atoms with Crippen LogP contribution in [0.3, 0.4) is 0 Å². The molecular formula is C19H20O2. The predicted molar refractivity (Wildman–Crippen MR) is 85.3 cm³/mol. The van der Waals surface area contributed by atoms with Gasteiger partial charge in [-0.3, -0.25) is 0 Å². The zero-order valence-corrected chi connectivity index (χ0v) is 12.5. The Bertz CT molecular complexity index is 615. The van der Waals surface area contributed by atoms with Gasteiger partial charge in [0.2, 0.25) is 0 Å². The highest BCUT2D eigenvalue weighted by atomic mass is 16.5. The van der Waals surface area contributed by atoms with Crippen molar-refractivity contribution in [2.75, 3.05) is 7.11 Å². The van der Waals surface area contributed by atoms with Gasteiger partial charge in [-0.15, -0.1) is 0 Å². The molecule has 0 aliphatic rings. The number of ether oxygens (including phenoxy) is 1. The maximum atomic E-state index is 10.1. The third kappa shape index (κ3) is 4.37. The van der Waals surface area contributed by atoms with Gasteiger partial charge in [-0.25, -0.2) is 0 Å². The number of methoxy groups -OCH3 is 1. The lowest BCUT2D eigenvalue weighted by Gasteiger charge is -2.05. The minimum atomic E-state index is -0.786. The van der Waals surface area contributed by atoms with Gasteiger partial charge in [0.1, 0.15) is 11.9 Å². The summed E-state index contributed by atoms with van der Waals surface area (Å²) in [7, 11) is 1.62. The van der Waals surface area contributed by atoms with Crippen LogP contribution in [0.1, 0.15) is 36.1 Å². The van der Waals surface area contributed by atoms with Crippen LogP contribution in [0.4, 0.5) is 0 Å². The average Bonchev–Trinajstić information content (AvgIpc) is 2.54. The van der Waals surface area contributed by atoms with E-state index in [-0.39, 0.29) is 0 Å². The fourth-order valence-corrected chi connectivity index (χ4v) is 2.06. The van der Waals surface area contributed by atoms with Crippen molar-refractivity contribution in [1.82, 2.24) is 0 Å². The number of rotatable bonds is 4. The van der Waals surface area contributed by atoms with Crippen LogP contribution in [-0.2, 0) is 6.42 Å². The molecule has 0 amide bonds. The first-order chi connectivity index (χ1) is 10.2. The second-order valence-corrected chi connectivity index (χ2v) is 4.89. The summed E-state index contributed by atoms with van der Waals surface area (Å²) in [6.45, 7) is 2.17. The molecule has 2 rings (SSSR count). The molecule has 0 bridgehead atoms. The molecule has 0 fully saturated rings. The van der Waals surface area contributed by atoms with E-state index in [0.717, 1.165) is 29.7 Å². The lowest BCUT2D eigenvalue weighted by Crippen LogP contribution is -1.94. The van der Waals surface area contributed by atoms with E-state index in [9.17, 15) is 5.11 Å². The summed E-state index contributed by atoms with van der Waals surface area (Å²) in [6.07, 6.45) is 1.44. The quantitative estimate of drug-likeness (QED) is 0.865. The highest BCUT2D eigenvalue weighted by Crippen LogP contribution is 2.17. The highest BCUT2D eigenvalue weighted by molar-refractivity contribution is 5.39. The highest BCUT2D eigenvalue weighted by Gasteiger charge is 2.03. The summed E-state index contributed by atoms with van der Waals surface area (Å²) in [5.41, 5.74) is 3.01. The maximum Gasteiger partial charge on any atom is 0.140 e. The van der Waals surface area contributed by atoms with Crippen molar-refractivity contribution in [3.8, 4) is 17.6 Å². The van der Waals surface area contributed by atoms with Crippen LogP contribution >= 0.6 is 0 Å². The van der Waals surface area contributed by atoms with E-state index in [0.29, 0.717) is 0 Å². The normalized spacial score (nSPS) is 11.4. The van der Waals surface area contributed by atoms with Crippen molar-refractivity contribution in [2.45, 2.75) is 25.9 Å². The molecule has 0 spiro atoms. The lowest BCUT2D eigenvalue weighted by atomic mass is 10.1. The van der Waals surface area contributed by atoms with E-state index < -0.39 is 6.10 Å². The molecule has 2 heteroatoms. The number of aliphatic hydroxyl groups excluding tert-OH is 1. The molecule has 0 radical (unpaired) electrons. The summed E-state index contributed by atoms with van der Waals surface area (Å²) < 4.78 is 5.09. The zero-order valence-electron chi connectivity index (χ0n) is 12.5. The van der Waals surface area contributed by atoms with Gasteiger partial charge in [0.25, 0.3) is 0 Å². The molecule has 2 nitrogen and oxygen atoms in total. The number of benzene rings is 2. The smallest absolute Gasteiger partial charge is 0.140 e. The molecule has 0 aliphatic heterocycles. The van der Waals surface area contributed by atoms with Crippen molar-refractivity contribution >= 4 is 0 Å². The molecule has 2 aromatic carbocycles. The van der Waals surface area contributed by atoms with E-state index in [4.69, 9.17) is 4.74 Å². The first-order valence-corrected chi connectivity index (χ1v) is 7.15. The second-order valence-electron chi connectivity index (χ2n) is 4.89. The van der Waals surface area contributed by atoms with Crippen molar-refractivity contribution in [1.29, 1.82) is 0 Å². The van der Waals surface area contributed by atoms with E-state index in [1.807, 2.05) is 36.4 Å². The van der Waals surface area contributed by atoms with Crippen molar-refractivity contribution in [2.24, 2.45) is 0 Å². The molecule has 1 atom stereocenters. The maximum absolute atomic E-state index is 10.1. The van der Waals surface area contributed by atoms with Gasteiger partial charge in [-0.05, 0) is 41.8 Å². The average molecular weight is 280 g/mol. The first-order valence-electron chi connectivity index (χ1n) is 7.15. The summed E-state index contributed by atoms with van der Waals surface area (Å²) in [5, 5.41) is 10.1. The van der Waals surface area contributed by atoms with Gasteiger partial charge in [0.15, 0.2) is 0 Å². The standard InChI is InChI=1S/C19H20O2/c1-3-4-15-5-7-16(8-6-15)9-14-19(20)17-10-12-18(21-2)13-11-17/h5-8,10-13,19-20H,3-4H2,1-2H3/t19-/m1/s1. The van der Waals surface area contributed by atoms with E-state index in [1.54, 1.807) is 7.11 Å². The number of aryl methyl sites for hydroxylation is 1. The van der Waals surface area contributed by atoms with Crippen LogP contribution in [-0.4, -0.2) is 12.2 Å². The first kappa shape index (κ1) is 15.2. The fourth-order valence-electron chi connectivity index (χ4n) is 2.06. The summed E-state index contributed by atoms with van der Waals surface area (Å²) >= 11 is 0. The molecule has 0 aromatic heterocycles. The van der Waals surface area contributed by atoms with Gasteiger partial charge < -0.3 is 9.84 Å². The Labute approximate surface area is 126 Å². The Morgan fingerprint density at radius 2 is 1.71 bits per heavy atom. The molecule has 0 unspecified atom stereocenters. The SMILES string of the molecule is CCCc1ccc(C#C[C@@H](O)c2ccc(OC)cc2)cc1. The molecule has 21 heavy (non-hydrogen) atoms. The van der Waals surface area contributed by atoms with Gasteiger partial charge >= 0.3 is 0 Å². The Balaban J connectivity index is 2.06. The lowest BCUT2D eigenvalue weighted by molar-refractivity contribution is 0.238. The Morgan fingerprint density at radius 1 is 1.05 bits per heavy atom. The third-order valence-electron chi connectivity index (χ3n) is 3.28. The Hall–Kier alpha value is -2.24. The van der Waals surface area contributed by atoms with Crippen LogP contribution in [0, 0.1) is 11.8 Å². The third-order valence-corrected chi connectivity index (χ3v) is 3.28. The second kappa shape index (κ2) is 7.52. The predicted octanol–water partition coefficient (Wildman–Crippen LogP) is 3.73. The summed E-state index contributed by atoms with van der Waals surface area (Å²) in [4.78, 5) is 0. The van der Waals surface area contributed by atoms with E-state index >= 15 is 0 Å². The molecule has 0 saturated heterocycles. The van der Waals surface area contributed by atoms with Gasteiger partial charge in [-0.2, -0.15) is 0 Å². The number of aliphatic hydroxyl groups is 1. The van der Waals surface area contributed by atoms with E-state index in [1.165, 1.54) is 5.56 Å². The number of hydrogen-bond acceptors (Lipinski definition) is 2. The molecule has 0 saturated carbocycles. The topological polar surface area (TPSA) is 29.5 Å². The minimum Gasteiger partial charge on any atom is -0.497 e. The van der Waals surface area contributed by atoms with Crippen LogP contribution in [0.15, 0.2) is 48.5 Å². The summed E-state index contributed by atoms with van der Waals surface area (Å²) in [6, 6.07) is 15.5. The van der Waals surface area contributed by atoms with Gasteiger partial charge in [0.05, 0.1) is 7.11 Å². The largest absolute Gasteiger partial charge is 0.497 e. The van der Waals surface area contributed by atoms with Crippen LogP contribution in [0.2, 0.25) is 0 Å². The fraction of sp³-hybridized carbons (Fsp3) is 0.263. The van der Waals surface area contributed by atoms with Crippen LogP contribution < -0.4 is 4.74 Å². The number of hydrogen-bond donors (Lipinski definition) is 1. The molecule has 1 N–H and O–H groups in total. The molecule has 2 aromatic rings. The van der Waals surface area contributed by atoms with Gasteiger partial charge in [-0.1, -0.05) is 49.5 Å². The summed E-state index contributed by atoms with van der Waals surface area (Å²) in [5.74, 6) is 6.65. The monoisotopic (exact) mass is 280 g/mol. The molecular weight excluding hydrogens is 260 g/mol. The minimum absolute atomic E-state index is 0.769. The van der Waals surface area contributed by atoms with Crippen molar-refractivity contribution in [3.05, 3.63) is 65.2 Å². The Morgan fingerprint density at radius 3 is 2.29 bits per heavy atom. The van der Waals surface area contributed by atoms with E-state index in [2.05, 4.69) is 30.9 Å².